The van der Waals surface area contributed by atoms with Gasteiger partial charge in [0, 0.05) is 18.8 Å². The lowest BCUT2D eigenvalue weighted by Crippen LogP contribution is -2.43. The fourth-order valence-electron chi connectivity index (χ4n) is 3.18. The van der Waals surface area contributed by atoms with Crippen molar-refractivity contribution >= 4 is 5.91 Å². The Kier molecular flexibility index (Phi) is 6.01. The summed E-state index contributed by atoms with van der Waals surface area (Å²) in [6, 6.07) is 10.8. The van der Waals surface area contributed by atoms with Crippen LogP contribution in [0.1, 0.15) is 18.4 Å². The van der Waals surface area contributed by atoms with Crippen molar-refractivity contribution in [1.82, 2.24) is 19.8 Å². The van der Waals surface area contributed by atoms with Crippen LogP contribution in [-0.4, -0.2) is 34.7 Å². The highest BCUT2D eigenvalue weighted by molar-refractivity contribution is 5.75. The number of aromatic nitrogens is 2. The molecule has 1 aliphatic heterocycles. The van der Waals surface area contributed by atoms with Gasteiger partial charge < -0.3 is 10.6 Å². The van der Waals surface area contributed by atoms with E-state index in [2.05, 4.69) is 10.6 Å². The average molecular weight is 356 g/mol. The second-order valence-electron chi connectivity index (χ2n) is 6.63. The van der Waals surface area contributed by atoms with Crippen molar-refractivity contribution < 1.29 is 4.79 Å². The summed E-state index contributed by atoms with van der Waals surface area (Å²) < 4.78 is 2.42. The zero-order valence-corrected chi connectivity index (χ0v) is 14.7. The summed E-state index contributed by atoms with van der Waals surface area (Å²) in [7, 11) is 0. The fourth-order valence-corrected chi connectivity index (χ4v) is 3.18. The third-order valence-electron chi connectivity index (χ3n) is 4.67. The van der Waals surface area contributed by atoms with Crippen LogP contribution in [0, 0.1) is 5.92 Å². The summed E-state index contributed by atoms with van der Waals surface area (Å²) in [5.74, 6) is 0.269. The predicted molar refractivity (Wildman–Crippen MR) is 99.1 cm³/mol. The van der Waals surface area contributed by atoms with E-state index in [-0.39, 0.29) is 12.5 Å². The monoisotopic (exact) mass is 356 g/mol. The zero-order valence-electron chi connectivity index (χ0n) is 14.7. The first-order chi connectivity index (χ1) is 12.6. The minimum atomic E-state index is -0.475. The maximum absolute atomic E-state index is 12.6. The van der Waals surface area contributed by atoms with Gasteiger partial charge in [-0.15, -0.1) is 0 Å². The Labute approximate surface area is 151 Å². The van der Waals surface area contributed by atoms with E-state index >= 15 is 0 Å². The van der Waals surface area contributed by atoms with Gasteiger partial charge in [0.2, 0.25) is 5.91 Å². The maximum Gasteiger partial charge on any atom is 0.331 e. The molecule has 2 heterocycles. The summed E-state index contributed by atoms with van der Waals surface area (Å²) >= 11 is 0. The quantitative estimate of drug-likeness (QED) is 0.741. The molecular weight excluding hydrogens is 332 g/mol. The third-order valence-corrected chi connectivity index (χ3v) is 4.67. The zero-order chi connectivity index (χ0) is 18.4. The molecule has 2 N–H and O–H groups in total. The van der Waals surface area contributed by atoms with Crippen LogP contribution in [0.2, 0.25) is 0 Å². The van der Waals surface area contributed by atoms with Crippen molar-refractivity contribution in [3.05, 3.63) is 69.0 Å². The van der Waals surface area contributed by atoms with Crippen molar-refractivity contribution in [2.24, 2.45) is 5.92 Å². The second kappa shape index (κ2) is 8.62. The molecule has 7 nitrogen and oxygen atoms in total. The number of amides is 1. The Morgan fingerprint density at radius 3 is 2.73 bits per heavy atom. The largest absolute Gasteiger partial charge is 0.355 e. The molecule has 1 aromatic heterocycles. The van der Waals surface area contributed by atoms with Gasteiger partial charge >= 0.3 is 5.69 Å². The van der Waals surface area contributed by atoms with Gasteiger partial charge in [0.15, 0.2) is 0 Å². The lowest BCUT2D eigenvalue weighted by Gasteiger charge is -2.11. The van der Waals surface area contributed by atoms with E-state index in [0.29, 0.717) is 19.0 Å². The maximum atomic E-state index is 12.6. The minimum absolute atomic E-state index is 0.254. The van der Waals surface area contributed by atoms with E-state index in [1.807, 2.05) is 30.3 Å². The highest BCUT2D eigenvalue weighted by Gasteiger charge is 2.15. The topological polar surface area (TPSA) is 85.1 Å². The molecule has 1 amide bonds. The molecular formula is C19H24N4O3. The third kappa shape index (κ3) is 4.70. The van der Waals surface area contributed by atoms with Gasteiger partial charge in [-0.3, -0.25) is 18.7 Å². The Hall–Kier alpha value is -2.67. The van der Waals surface area contributed by atoms with E-state index in [1.54, 1.807) is 0 Å². The van der Waals surface area contributed by atoms with Crippen LogP contribution in [0.4, 0.5) is 0 Å². The first kappa shape index (κ1) is 18.1. The number of nitrogens with one attached hydrogen (secondary N) is 2. The molecule has 26 heavy (non-hydrogen) atoms. The van der Waals surface area contributed by atoms with Gasteiger partial charge in [-0.25, -0.2) is 4.79 Å². The summed E-state index contributed by atoms with van der Waals surface area (Å²) in [5, 5.41) is 6.10. The highest BCUT2D eigenvalue weighted by Crippen LogP contribution is 2.10. The Bertz CT molecular complexity index is 851. The summed E-state index contributed by atoms with van der Waals surface area (Å²) in [6.07, 6.45) is 3.50. The predicted octanol–water partition coefficient (Wildman–Crippen LogP) is 0.174. The lowest BCUT2D eigenvalue weighted by atomic mass is 10.1. The Morgan fingerprint density at radius 1 is 1.19 bits per heavy atom. The van der Waals surface area contributed by atoms with Gasteiger partial charge in [-0.1, -0.05) is 30.3 Å². The van der Waals surface area contributed by atoms with Crippen LogP contribution in [0.5, 0.6) is 0 Å². The van der Waals surface area contributed by atoms with Crippen LogP contribution in [0.3, 0.4) is 0 Å². The van der Waals surface area contributed by atoms with Crippen LogP contribution in [0.25, 0.3) is 0 Å². The molecule has 0 aliphatic carbocycles. The number of hydrogen-bond donors (Lipinski definition) is 2. The summed E-state index contributed by atoms with van der Waals surface area (Å²) in [6.45, 7) is 2.68. The molecule has 1 fully saturated rings. The molecule has 1 saturated heterocycles. The number of hydrogen-bond acceptors (Lipinski definition) is 4. The van der Waals surface area contributed by atoms with E-state index in [0.717, 1.165) is 36.1 Å². The number of carbonyl (C=O) groups excluding carboxylic acids is 1. The Morgan fingerprint density at radius 2 is 2.00 bits per heavy atom. The molecule has 1 unspecified atom stereocenters. The molecule has 0 spiro atoms. The molecule has 1 atom stereocenters. The first-order valence-electron chi connectivity index (χ1n) is 8.95. The van der Waals surface area contributed by atoms with Gasteiger partial charge in [0.25, 0.3) is 5.56 Å². The summed E-state index contributed by atoms with van der Waals surface area (Å²) in [4.78, 5) is 36.7. The minimum Gasteiger partial charge on any atom is -0.355 e. The molecule has 7 heteroatoms. The molecule has 0 bridgehead atoms. The van der Waals surface area contributed by atoms with Gasteiger partial charge in [0.05, 0.1) is 6.54 Å². The number of benzene rings is 1. The first-order valence-corrected chi connectivity index (χ1v) is 8.95. The van der Waals surface area contributed by atoms with Crippen molar-refractivity contribution in [2.45, 2.75) is 25.9 Å². The fraction of sp³-hybridized carbons (Fsp3) is 0.421. The van der Waals surface area contributed by atoms with Gasteiger partial charge in [-0.05, 0) is 37.4 Å². The van der Waals surface area contributed by atoms with Crippen LogP contribution >= 0.6 is 0 Å². The van der Waals surface area contributed by atoms with Crippen molar-refractivity contribution in [3.8, 4) is 0 Å². The second-order valence-corrected chi connectivity index (χ2v) is 6.63. The Balaban J connectivity index is 1.63. The van der Waals surface area contributed by atoms with Crippen molar-refractivity contribution in [2.75, 3.05) is 19.6 Å². The smallest absolute Gasteiger partial charge is 0.331 e. The van der Waals surface area contributed by atoms with E-state index in [4.69, 9.17) is 0 Å². The average Bonchev–Trinajstić information content (AvgIpc) is 3.15. The van der Waals surface area contributed by atoms with E-state index < -0.39 is 11.2 Å². The number of rotatable bonds is 7. The van der Waals surface area contributed by atoms with Crippen LogP contribution in [-0.2, 0) is 17.9 Å². The van der Waals surface area contributed by atoms with Crippen molar-refractivity contribution in [1.29, 1.82) is 0 Å². The molecule has 0 radical (unpaired) electrons. The van der Waals surface area contributed by atoms with Gasteiger partial charge in [0.1, 0.15) is 6.54 Å². The number of carbonyl (C=O) groups is 1. The van der Waals surface area contributed by atoms with Crippen LogP contribution in [0.15, 0.2) is 52.2 Å². The molecule has 138 valence electrons. The normalized spacial score (nSPS) is 16.5. The summed E-state index contributed by atoms with van der Waals surface area (Å²) in [5.41, 5.74) is 0.0142. The van der Waals surface area contributed by atoms with Gasteiger partial charge in [-0.2, -0.15) is 0 Å². The SMILES string of the molecule is O=C(Cn1c(=O)ccn(Cc2ccccc2)c1=O)NCCC1CCNC1. The lowest BCUT2D eigenvalue weighted by molar-refractivity contribution is -0.121. The molecule has 1 aliphatic rings. The molecule has 2 aromatic rings. The molecule has 1 aromatic carbocycles. The molecule has 0 saturated carbocycles. The molecule has 3 rings (SSSR count). The van der Waals surface area contributed by atoms with Crippen LogP contribution < -0.4 is 21.9 Å². The number of nitrogens with zero attached hydrogens (tertiary/aromatic N) is 2. The van der Waals surface area contributed by atoms with E-state index in [1.165, 1.54) is 16.8 Å². The van der Waals surface area contributed by atoms with E-state index in [9.17, 15) is 14.4 Å². The standard InChI is InChI=1S/C19H24N4O3/c24-17(21-10-7-15-6-9-20-12-15)14-23-18(25)8-11-22(19(23)26)13-16-4-2-1-3-5-16/h1-5,8,11,15,20H,6-7,9-10,12-14H2,(H,21,24). The highest BCUT2D eigenvalue weighted by atomic mass is 16.2. The van der Waals surface area contributed by atoms with Crippen molar-refractivity contribution in [3.63, 3.8) is 0 Å².